The van der Waals surface area contributed by atoms with Gasteiger partial charge < -0.3 is 9.64 Å². The van der Waals surface area contributed by atoms with Gasteiger partial charge in [-0.3, -0.25) is 0 Å². The van der Waals surface area contributed by atoms with Gasteiger partial charge in [0.05, 0.1) is 11.2 Å². The molecule has 0 amide bonds. The molecule has 0 unspecified atom stereocenters. The van der Waals surface area contributed by atoms with Gasteiger partial charge in [-0.2, -0.15) is 0 Å². The van der Waals surface area contributed by atoms with Gasteiger partial charge in [0.1, 0.15) is 0 Å². The molecule has 144 valence electrons. The van der Waals surface area contributed by atoms with E-state index in [1.165, 1.54) is 11.1 Å². The fourth-order valence-corrected chi connectivity index (χ4v) is 4.60. The molecule has 1 heterocycles. The number of ether oxygens (including phenoxy) is 1. The second-order valence-electron chi connectivity index (χ2n) is 8.14. The number of benzene rings is 3. The number of nitrogens with zero attached hydrogens (tertiary/aromatic N) is 1. The van der Waals surface area contributed by atoms with E-state index in [0.717, 1.165) is 26.0 Å². The first kappa shape index (κ1) is 19.7. The predicted octanol–water partition coefficient (Wildman–Crippen LogP) is 8.18. The molecule has 0 saturated carbocycles. The van der Waals surface area contributed by atoms with Crippen molar-refractivity contribution in [2.24, 2.45) is 0 Å². The molecular formula is C24H23Br2NO. The Labute approximate surface area is 183 Å². The summed E-state index contributed by atoms with van der Waals surface area (Å²) in [7, 11) is 0. The van der Waals surface area contributed by atoms with E-state index < -0.39 is 0 Å². The molecule has 0 atom stereocenters. The molecule has 2 nitrogen and oxygen atoms in total. The number of halogens is 2. The number of hydrogen-bond acceptors (Lipinski definition) is 2. The van der Waals surface area contributed by atoms with Gasteiger partial charge in [0, 0.05) is 26.0 Å². The van der Waals surface area contributed by atoms with Crippen LogP contribution in [0.15, 0.2) is 75.7 Å². The lowest BCUT2D eigenvalue weighted by atomic mass is 9.90. The summed E-state index contributed by atoms with van der Waals surface area (Å²) in [5.41, 5.74) is 5.25. The lowest BCUT2D eigenvalue weighted by molar-refractivity contribution is -0.105. The maximum atomic E-state index is 6.35. The van der Waals surface area contributed by atoms with Crippen LogP contribution in [0, 0.1) is 0 Å². The van der Waals surface area contributed by atoms with E-state index in [-0.39, 0.29) is 11.2 Å². The molecule has 28 heavy (non-hydrogen) atoms. The van der Waals surface area contributed by atoms with Gasteiger partial charge in [-0.25, -0.2) is 0 Å². The molecule has 0 aliphatic carbocycles. The Morgan fingerprint density at radius 3 is 1.54 bits per heavy atom. The fraction of sp³-hybridized carbons (Fsp3) is 0.250. The molecule has 0 bridgehead atoms. The van der Waals surface area contributed by atoms with Crippen LogP contribution in [0.25, 0.3) is 0 Å². The van der Waals surface area contributed by atoms with Crippen LogP contribution in [0.4, 0.5) is 17.1 Å². The predicted molar refractivity (Wildman–Crippen MR) is 124 cm³/mol. The second kappa shape index (κ2) is 7.01. The molecule has 3 aromatic rings. The zero-order chi connectivity index (χ0) is 20.1. The van der Waals surface area contributed by atoms with Gasteiger partial charge in [-0.1, -0.05) is 37.9 Å². The maximum absolute atomic E-state index is 6.35. The summed E-state index contributed by atoms with van der Waals surface area (Å²) in [6, 6.07) is 23.5. The number of anilines is 3. The lowest BCUT2D eigenvalue weighted by Gasteiger charge is -2.27. The first-order valence-electron chi connectivity index (χ1n) is 9.34. The molecule has 0 spiro atoms. The van der Waals surface area contributed by atoms with E-state index >= 15 is 0 Å². The first-order chi connectivity index (χ1) is 13.2. The summed E-state index contributed by atoms with van der Waals surface area (Å²) in [5, 5.41) is 0. The summed E-state index contributed by atoms with van der Waals surface area (Å²) in [6.45, 7) is 8.57. The van der Waals surface area contributed by atoms with Gasteiger partial charge >= 0.3 is 0 Å². The highest BCUT2D eigenvalue weighted by molar-refractivity contribution is 9.10. The Bertz CT molecular complexity index is 962. The topological polar surface area (TPSA) is 12.5 Å². The van der Waals surface area contributed by atoms with E-state index in [2.05, 4.69) is 131 Å². The number of rotatable bonds is 3. The van der Waals surface area contributed by atoms with E-state index in [9.17, 15) is 0 Å². The Morgan fingerprint density at radius 1 is 0.607 bits per heavy atom. The third-order valence-corrected chi connectivity index (χ3v) is 6.30. The Hall–Kier alpha value is -1.62. The molecule has 0 fully saturated rings. The van der Waals surface area contributed by atoms with Crippen molar-refractivity contribution >= 4 is 48.9 Å². The minimum absolute atomic E-state index is 0.280. The third-order valence-electron chi connectivity index (χ3n) is 5.24. The molecule has 0 aromatic heterocycles. The van der Waals surface area contributed by atoms with Crippen LogP contribution in [0.2, 0.25) is 0 Å². The average Bonchev–Trinajstić information content (AvgIpc) is 2.82. The van der Waals surface area contributed by atoms with Crippen molar-refractivity contribution in [3.8, 4) is 0 Å². The van der Waals surface area contributed by atoms with E-state index in [0.29, 0.717) is 0 Å². The van der Waals surface area contributed by atoms with Gasteiger partial charge in [-0.05, 0) is 99.5 Å². The highest BCUT2D eigenvalue weighted by Gasteiger charge is 2.43. The molecular weight excluding hydrogens is 478 g/mol. The Kier molecular flexibility index (Phi) is 4.93. The maximum Gasteiger partial charge on any atom is 0.0891 e. The van der Waals surface area contributed by atoms with Crippen molar-refractivity contribution in [2.45, 2.75) is 38.9 Å². The SMILES string of the molecule is CC1(C)OC(C)(C)c2cc(N(c3ccc(Br)cc3)c3ccc(Br)cc3)ccc21. The van der Waals surface area contributed by atoms with Crippen LogP contribution in [-0.2, 0) is 15.9 Å². The molecule has 4 rings (SSSR count). The molecule has 3 aromatic carbocycles. The normalized spacial score (nSPS) is 16.6. The number of fused-ring (bicyclic) bond motifs is 1. The highest BCUT2D eigenvalue weighted by Crippen LogP contribution is 2.48. The standard InChI is InChI=1S/C24H23Br2NO/c1-23(2)21-14-13-20(15-22(21)24(3,4)28-23)27(18-9-5-16(25)6-10-18)19-11-7-17(26)8-12-19/h5-15H,1-4H3. The summed E-state index contributed by atoms with van der Waals surface area (Å²) in [5.74, 6) is 0. The molecule has 1 aliphatic rings. The van der Waals surface area contributed by atoms with E-state index in [1.807, 2.05) is 0 Å². The molecule has 1 aliphatic heterocycles. The molecule has 4 heteroatoms. The zero-order valence-electron chi connectivity index (χ0n) is 16.5. The zero-order valence-corrected chi connectivity index (χ0v) is 19.6. The van der Waals surface area contributed by atoms with Crippen LogP contribution in [-0.4, -0.2) is 0 Å². The average molecular weight is 501 g/mol. The van der Waals surface area contributed by atoms with Crippen molar-refractivity contribution in [1.82, 2.24) is 0 Å². The molecule has 0 radical (unpaired) electrons. The van der Waals surface area contributed by atoms with Crippen molar-refractivity contribution < 1.29 is 4.74 Å². The van der Waals surface area contributed by atoms with Gasteiger partial charge in [0.15, 0.2) is 0 Å². The minimum atomic E-state index is -0.319. The van der Waals surface area contributed by atoms with Crippen molar-refractivity contribution in [2.75, 3.05) is 4.90 Å². The molecule has 0 saturated heterocycles. The Balaban J connectivity index is 1.88. The fourth-order valence-electron chi connectivity index (χ4n) is 4.07. The van der Waals surface area contributed by atoms with Crippen LogP contribution in [0.5, 0.6) is 0 Å². The first-order valence-corrected chi connectivity index (χ1v) is 10.9. The largest absolute Gasteiger partial charge is 0.360 e. The van der Waals surface area contributed by atoms with Gasteiger partial charge in [0.2, 0.25) is 0 Å². The minimum Gasteiger partial charge on any atom is -0.360 e. The summed E-state index contributed by atoms with van der Waals surface area (Å²) >= 11 is 7.09. The summed E-state index contributed by atoms with van der Waals surface area (Å²) in [4.78, 5) is 2.28. The lowest BCUT2D eigenvalue weighted by Crippen LogP contribution is -2.22. The van der Waals surface area contributed by atoms with Crippen molar-refractivity contribution in [1.29, 1.82) is 0 Å². The van der Waals surface area contributed by atoms with Crippen LogP contribution in [0.1, 0.15) is 38.8 Å². The van der Waals surface area contributed by atoms with Gasteiger partial charge in [0.25, 0.3) is 0 Å². The summed E-state index contributed by atoms with van der Waals surface area (Å²) < 4.78 is 8.49. The van der Waals surface area contributed by atoms with Crippen molar-refractivity contribution in [3.05, 3.63) is 86.8 Å². The van der Waals surface area contributed by atoms with Gasteiger partial charge in [-0.15, -0.1) is 0 Å². The quantitative estimate of drug-likeness (QED) is 0.359. The third kappa shape index (κ3) is 3.54. The van der Waals surface area contributed by atoms with E-state index in [4.69, 9.17) is 4.74 Å². The molecule has 0 N–H and O–H groups in total. The van der Waals surface area contributed by atoms with E-state index in [1.54, 1.807) is 0 Å². The second-order valence-corrected chi connectivity index (χ2v) is 9.97. The van der Waals surface area contributed by atoms with Crippen LogP contribution < -0.4 is 4.90 Å². The highest BCUT2D eigenvalue weighted by atomic mass is 79.9. The Morgan fingerprint density at radius 2 is 1.04 bits per heavy atom. The number of hydrogen-bond donors (Lipinski definition) is 0. The summed E-state index contributed by atoms with van der Waals surface area (Å²) in [6.07, 6.45) is 0. The van der Waals surface area contributed by atoms with Crippen molar-refractivity contribution in [3.63, 3.8) is 0 Å². The van der Waals surface area contributed by atoms with Crippen LogP contribution >= 0.6 is 31.9 Å². The van der Waals surface area contributed by atoms with Crippen LogP contribution in [0.3, 0.4) is 0 Å². The monoisotopic (exact) mass is 499 g/mol. The smallest absolute Gasteiger partial charge is 0.0891 e.